The highest BCUT2D eigenvalue weighted by atomic mass is 32.2. The van der Waals surface area contributed by atoms with Crippen LogP contribution in [0.15, 0.2) is 0 Å². The number of esters is 1. The Morgan fingerprint density at radius 2 is 2.24 bits per heavy atom. The van der Waals surface area contributed by atoms with E-state index in [1.807, 2.05) is 0 Å². The minimum Gasteiger partial charge on any atom is -0.691 e. The van der Waals surface area contributed by atoms with Crippen molar-refractivity contribution in [1.29, 1.82) is 0 Å². The molecule has 1 N–H and O–H groups in total. The van der Waals surface area contributed by atoms with Crippen LogP contribution in [0, 0.1) is 11.3 Å². The summed E-state index contributed by atoms with van der Waals surface area (Å²) in [6.45, 7) is -0.159. The standard InChI is InChI=1S/C12H18F2O6S/c13-12(14,21-20-19-17)10(16)18-7-11-3-1-2-8(5-11)4-9(15)6-11/h8-9,15,17H,1-7H2/p-1. The molecule has 122 valence electrons. The van der Waals surface area contributed by atoms with Crippen LogP contribution in [0.3, 0.4) is 0 Å². The van der Waals surface area contributed by atoms with Gasteiger partial charge in [0, 0.05) is 5.41 Å². The maximum atomic E-state index is 13.2. The summed E-state index contributed by atoms with van der Waals surface area (Å²) in [7, 11) is 0. The highest BCUT2D eigenvalue weighted by Gasteiger charge is 2.47. The number of carbonyl (C=O) groups is 1. The van der Waals surface area contributed by atoms with Gasteiger partial charge in [-0.2, -0.15) is 13.1 Å². The van der Waals surface area contributed by atoms with Gasteiger partial charge in [-0.05, 0) is 31.6 Å². The first-order valence-electron chi connectivity index (χ1n) is 6.74. The predicted molar refractivity (Wildman–Crippen MR) is 65.3 cm³/mol. The Kier molecular flexibility index (Phi) is 5.42. The summed E-state index contributed by atoms with van der Waals surface area (Å²) in [4.78, 5) is 11.4. The van der Waals surface area contributed by atoms with Gasteiger partial charge in [0.15, 0.2) is 0 Å². The predicted octanol–water partition coefficient (Wildman–Crippen LogP) is 1.33. The average molecular weight is 327 g/mol. The topological polar surface area (TPSA) is 88.1 Å². The number of rotatable bonds is 6. The minimum absolute atomic E-state index is 0.159. The molecule has 0 heterocycles. The van der Waals surface area contributed by atoms with Crippen LogP contribution >= 0.6 is 12.0 Å². The van der Waals surface area contributed by atoms with Gasteiger partial charge < -0.3 is 15.1 Å². The minimum atomic E-state index is -4.01. The van der Waals surface area contributed by atoms with Crippen molar-refractivity contribution in [2.75, 3.05) is 6.61 Å². The highest BCUT2D eigenvalue weighted by molar-refractivity contribution is 7.96. The first-order chi connectivity index (χ1) is 9.87. The lowest BCUT2D eigenvalue weighted by Gasteiger charge is -2.46. The summed E-state index contributed by atoms with van der Waals surface area (Å²) < 4.78 is 34.7. The van der Waals surface area contributed by atoms with Crippen LogP contribution < -0.4 is 5.26 Å². The SMILES string of the molecule is O=C(OCC12CCCC(CC(O)C1)C2)C(F)(F)SOO[O-]. The quantitative estimate of drug-likeness (QED) is 0.341. The molecule has 0 amide bonds. The maximum Gasteiger partial charge on any atom is 0.415 e. The molecule has 0 aliphatic heterocycles. The van der Waals surface area contributed by atoms with Crippen molar-refractivity contribution in [3.05, 3.63) is 0 Å². The molecule has 2 fully saturated rings. The van der Waals surface area contributed by atoms with Crippen molar-refractivity contribution >= 4 is 18.0 Å². The molecule has 2 aliphatic carbocycles. The summed E-state index contributed by atoms with van der Waals surface area (Å²) in [6.07, 6.45) is 4.16. The number of aliphatic hydroxyl groups excluding tert-OH is 1. The Morgan fingerprint density at radius 3 is 2.95 bits per heavy atom. The van der Waals surface area contributed by atoms with Crippen LogP contribution in [0.2, 0.25) is 0 Å². The molecule has 6 nitrogen and oxygen atoms in total. The number of alkyl halides is 2. The number of carbonyl (C=O) groups excluding carboxylic acids is 1. The molecule has 3 unspecified atom stereocenters. The third kappa shape index (κ3) is 4.26. The maximum absolute atomic E-state index is 13.2. The molecule has 2 saturated carbocycles. The average Bonchev–Trinajstić information content (AvgIpc) is 2.42. The third-order valence-electron chi connectivity index (χ3n) is 4.23. The Labute approximate surface area is 124 Å². The number of hydrogen-bond acceptors (Lipinski definition) is 7. The molecule has 0 aromatic carbocycles. The monoisotopic (exact) mass is 327 g/mol. The van der Waals surface area contributed by atoms with E-state index in [0.29, 0.717) is 12.3 Å². The normalized spacial score (nSPS) is 32.8. The fourth-order valence-corrected chi connectivity index (χ4v) is 3.76. The summed E-state index contributed by atoms with van der Waals surface area (Å²) in [5, 5.41) is 18.2. The van der Waals surface area contributed by atoms with Crippen LogP contribution in [-0.2, 0) is 18.9 Å². The third-order valence-corrected chi connectivity index (χ3v) is 4.73. The number of hydrogen-bond donors (Lipinski definition) is 1. The zero-order valence-electron chi connectivity index (χ0n) is 11.3. The highest BCUT2D eigenvalue weighted by Crippen LogP contribution is 2.49. The van der Waals surface area contributed by atoms with Gasteiger partial charge in [-0.25, -0.2) is 4.79 Å². The van der Waals surface area contributed by atoms with Crippen molar-refractivity contribution < 1.29 is 38.0 Å². The van der Waals surface area contributed by atoms with E-state index in [-0.39, 0.29) is 6.61 Å². The largest absolute Gasteiger partial charge is 0.691 e. The zero-order valence-corrected chi connectivity index (χ0v) is 12.1. The lowest BCUT2D eigenvalue weighted by atomic mass is 9.61. The van der Waals surface area contributed by atoms with E-state index >= 15 is 0 Å². The molecule has 0 radical (unpaired) electrons. The van der Waals surface area contributed by atoms with E-state index in [9.17, 15) is 23.9 Å². The zero-order chi connectivity index (χ0) is 15.5. The number of halogens is 2. The fraction of sp³-hybridized carbons (Fsp3) is 0.917. The molecule has 3 atom stereocenters. The van der Waals surface area contributed by atoms with Crippen molar-refractivity contribution in [2.45, 2.75) is 49.9 Å². The van der Waals surface area contributed by atoms with Crippen molar-refractivity contribution in [1.82, 2.24) is 0 Å². The fourth-order valence-electron chi connectivity index (χ4n) is 3.52. The van der Waals surface area contributed by atoms with E-state index in [0.717, 1.165) is 32.1 Å². The van der Waals surface area contributed by atoms with Crippen molar-refractivity contribution in [3.63, 3.8) is 0 Å². The summed E-state index contributed by atoms with van der Waals surface area (Å²) in [6, 6.07) is 0. The molecule has 0 aromatic rings. The van der Waals surface area contributed by atoms with Crippen LogP contribution in [-0.4, -0.2) is 29.0 Å². The van der Waals surface area contributed by atoms with E-state index < -0.39 is 34.8 Å². The van der Waals surface area contributed by atoms with Gasteiger partial charge in [0.2, 0.25) is 0 Å². The Hall–Kier alpha value is -0.480. The van der Waals surface area contributed by atoms with Gasteiger partial charge >= 0.3 is 11.2 Å². The first kappa shape index (κ1) is 16.9. The lowest BCUT2D eigenvalue weighted by molar-refractivity contribution is -0.777. The second-order valence-corrected chi connectivity index (χ2v) is 6.68. The smallest absolute Gasteiger partial charge is 0.415 e. The van der Waals surface area contributed by atoms with Crippen LogP contribution in [0.4, 0.5) is 8.78 Å². The van der Waals surface area contributed by atoms with E-state index in [1.165, 1.54) is 0 Å². The van der Waals surface area contributed by atoms with E-state index in [1.54, 1.807) is 0 Å². The summed E-state index contributed by atoms with van der Waals surface area (Å²) >= 11 is -0.697. The van der Waals surface area contributed by atoms with Crippen molar-refractivity contribution in [3.8, 4) is 0 Å². The van der Waals surface area contributed by atoms with E-state index in [2.05, 4.69) is 9.37 Å². The molecular formula is C12H17F2O6S-. The second kappa shape index (κ2) is 6.74. The Bertz CT molecular complexity index is 379. The molecule has 2 bridgehead atoms. The van der Waals surface area contributed by atoms with Crippen LogP contribution in [0.1, 0.15) is 38.5 Å². The second-order valence-electron chi connectivity index (χ2n) is 5.87. The Balaban J connectivity index is 1.90. The van der Waals surface area contributed by atoms with Crippen LogP contribution in [0.25, 0.3) is 0 Å². The van der Waals surface area contributed by atoms with Gasteiger partial charge in [0.25, 0.3) is 0 Å². The van der Waals surface area contributed by atoms with Gasteiger partial charge in [0.1, 0.15) is 12.0 Å². The lowest BCUT2D eigenvalue weighted by Crippen LogP contribution is -2.43. The number of ether oxygens (including phenoxy) is 1. The van der Waals surface area contributed by atoms with Crippen molar-refractivity contribution in [2.24, 2.45) is 11.3 Å². The van der Waals surface area contributed by atoms with Gasteiger partial charge in [0.05, 0.1) is 12.7 Å². The first-order valence-corrected chi connectivity index (χ1v) is 7.48. The molecule has 9 heteroatoms. The molecule has 2 rings (SSSR count). The molecule has 0 saturated heterocycles. The van der Waals surface area contributed by atoms with Gasteiger partial charge in [-0.3, -0.25) is 5.04 Å². The number of aliphatic hydroxyl groups is 1. The summed E-state index contributed by atoms with van der Waals surface area (Å²) in [5.74, 6) is -1.42. The number of fused-ring (bicyclic) bond motifs is 2. The van der Waals surface area contributed by atoms with E-state index in [4.69, 9.17) is 4.74 Å². The van der Waals surface area contributed by atoms with Gasteiger partial charge in [-0.1, -0.05) is 12.8 Å². The molecule has 0 aromatic heterocycles. The summed E-state index contributed by atoms with van der Waals surface area (Å²) in [5.41, 5.74) is -0.424. The molecular weight excluding hydrogens is 310 g/mol. The molecule has 2 aliphatic rings. The molecule has 0 spiro atoms. The van der Waals surface area contributed by atoms with Crippen LogP contribution in [0.5, 0.6) is 0 Å². The van der Waals surface area contributed by atoms with Gasteiger partial charge in [-0.15, -0.1) is 0 Å². The molecule has 21 heavy (non-hydrogen) atoms. The Morgan fingerprint density at radius 1 is 1.48 bits per heavy atom.